The summed E-state index contributed by atoms with van der Waals surface area (Å²) in [6.07, 6.45) is 4.40. The molecule has 3 rings (SSSR count). The van der Waals surface area contributed by atoms with Crippen molar-refractivity contribution in [2.75, 3.05) is 0 Å². The molecule has 18 heavy (non-hydrogen) atoms. The topological polar surface area (TPSA) is 45.8 Å². The highest BCUT2D eigenvalue weighted by Gasteiger charge is 2.20. The molecule has 88 valence electrons. The maximum atomic E-state index is 11.8. The summed E-state index contributed by atoms with van der Waals surface area (Å²) in [4.78, 5) is 11.8. The molecule has 1 heterocycles. The average molecular weight is 236 g/mol. The highest BCUT2D eigenvalue weighted by Crippen LogP contribution is 2.25. The van der Waals surface area contributed by atoms with Crippen LogP contribution >= 0.6 is 0 Å². The van der Waals surface area contributed by atoms with Crippen LogP contribution < -0.4 is 0 Å². The van der Waals surface area contributed by atoms with Gasteiger partial charge in [0.25, 0.3) is 0 Å². The molecule has 3 heteroatoms. The number of fused-ring (bicyclic) bond motifs is 1. The second kappa shape index (κ2) is 4.15. The van der Waals surface area contributed by atoms with E-state index in [-0.39, 0.29) is 5.78 Å². The summed E-state index contributed by atoms with van der Waals surface area (Å²) in [6.45, 7) is 0. The van der Waals surface area contributed by atoms with Crippen LogP contribution in [-0.2, 0) is 6.42 Å². The maximum absolute atomic E-state index is 11.8. The number of carbonyl (C=O) groups is 1. The summed E-state index contributed by atoms with van der Waals surface area (Å²) >= 11 is 0. The molecule has 0 atom stereocenters. The number of hydrogen-bond acceptors (Lipinski definition) is 2. The highest BCUT2D eigenvalue weighted by atomic mass is 16.1. The lowest BCUT2D eigenvalue weighted by Gasteiger charge is -2.15. The Morgan fingerprint density at radius 1 is 1.22 bits per heavy atom. The standard InChI is InChI=1S/C15H12N2O/c16-10-11-3-1-4-12(9-11)17-8-7-13-14(17)5-2-6-15(13)18/h1,3-4,7-9H,2,5-6H2. The number of aromatic nitrogens is 1. The monoisotopic (exact) mass is 236 g/mol. The Kier molecular flexibility index (Phi) is 2.49. The Hall–Kier alpha value is -2.34. The maximum Gasteiger partial charge on any atom is 0.164 e. The first-order valence-corrected chi connectivity index (χ1v) is 6.03. The lowest BCUT2D eigenvalue weighted by atomic mass is 9.96. The van der Waals surface area contributed by atoms with Gasteiger partial charge in [0.2, 0.25) is 0 Å². The van der Waals surface area contributed by atoms with Crippen molar-refractivity contribution in [2.45, 2.75) is 19.3 Å². The zero-order valence-corrected chi connectivity index (χ0v) is 9.89. The molecule has 0 saturated heterocycles. The van der Waals surface area contributed by atoms with Crippen molar-refractivity contribution in [3.63, 3.8) is 0 Å². The third kappa shape index (κ3) is 1.63. The van der Waals surface area contributed by atoms with E-state index < -0.39 is 0 Å². The van der Waals surface area contributed by atoms with Gasteiger partial charge < -0.3 is 4.57 Å². The van der Waals surface area contributed by atoms with Crippen LogP contribution in [0.1, 0.15) is 34.5 Å². The zero-order valence-electron chi connectivity index (χ0n) is 9.89. The number of benzene rings is 1. The molecule has 0 amide bonds. The van der Waals surface area contributed by atoms with Crippen LogP contribution in [0.5, 0.6) is 0 Å². The first-order valence-electron chi connectivity index (χ1n) is 6.03. The summed E-state index contributed by atoms with van der Waals surface area (Å²) in [5, 5.41) is 8.93. The van der Waals surface area contributed by atoms with Crippen molar-refractivity contribution in [1.82, 2.24) is 4.57 Å². The number of hydrogen-bond donors (Lipinski definition) is 0. The van der Waals surface area contributed by atoms with Crippen molar-refractivity contribution in [3.8, 4) is 11.8 Å². The van der Waals surface area contributed by atoms with Crippen LogP contribution in [0.3, 0.4) is 0 Å². The van der Waals surface area contributed by atoms with Crippen LogP contribution in [0.2, 0.25) is 0 Å². The molecule has 0 unspecified atom stereocenters. The number of ketones is 1. The van der Waals surface area contributed by atoms with Gasteiger partial charge in [0.1, 0.15) is 0 Å². The van der Waals surface area contributed by atoms with Gasteiger partial charge in [0.15, 0.2) is 5.78 Å². The fourth-order valence-corrected chi connectivity index (χ4v) is 2.49. The Bertz CT molecular complexity index is 661. The third-order valence-corrected chi connectivity index (χ3v) is 3.36. The van der Waals surface area contributed by atoms with E-state index >= 15 is 0 Å². The predicted octanol–water partition coefficient (Wildman–Crippen LogP) is 2.87. The molecule has 1 aromatic heterocycles. The van der Waals surface area contributed by atoms with E-state index in [4.69, 9.17) is 5.26 Å². The Morgan fingerprint density at radius 3 is 2.94 bits per heavy atom. The summed E-state index contributed by atoms with van der Waals surface area (Å²) < 4.78 is 2.02. The molecule has 0 saturated carbocycles. The van der Waals surface area contributed by atoms with Crippen LogP contribution in [0, 0.1) is 11.3 Å². The number of Topliss-reactive ketones (excluding diaryl/α,β-unsaturated/α-hetero) is 1. The summed E-state index contributed by atoms with van der Waals surface area (Å²) in [7, 11) is 0. The number of rotatable bonds is 1. The highest BCUT2D eigenvalue weighted by molar-refractivity contribution is 5.98. The van der Waals surface area contributed by atoms with Gasteiger partial charge in [-0.2, -0.15) is 5.26 Å². The van der Waals surface area contributed by atoms with Crippen molar-refractivity contribution in [2.24, 2.45) is 0 Å². The van der Waals surface area contributed by atoms with E-state index in [9.17, 15) is 4.79 Å². The molecule has 0 bridgehead atoms. The second-order valence-electron chi connectivity index (χ2n) is 4.48. The van der Waals surface area contributed by atoms with Crippen LogP contribution in [0.25, 0.3) is 5.69 Å². The molecule has 1 aromatic carbocycles. The zero-order chi connectivity index (χ0) is 12.5. The predicted molar refractivity (Wildman–Crippen MR) is 67.8 cm³/mol. The normalized spacial score (nSPS) is 14.1. The number of nitrogens with zero attached hydrogens (tertiary/aromatic N) is 2. The second-order valence-corrected chi connectivity index (χ2v) is 4.48. The van der Waals surface area contributed by atoms with Gasteiger partial charge in [-0.15, -0.1) is 0 Å². The SMILES string of the molecule is N#Cc1cccc(-n2ccc3c2CCCC3=O)c1. The fourth-order valence-electron chi connectivity index (χ4n) is 2.49. The summed E-state index contributed by atoms with van der Waals surface area (Å²) in [5.74, 6) is 0.228. The van der Waals surface area contributed by atoms with E-state index in [2.05, 4.69) is 6.07 Å². The number of carbonyl (C=O) groups excluding carboxylic acids is 1. The van der Waals surface area contributed by atoms with Gasteiger partial charge in [0.05, 0.1) is 11.6 Å². The van der Waals surface area contributed by atoms with Crippen molar-refractivity contribution < 1.29 is 4.79 Å². The van der Waals surface area contributed by atoms with Gasteiger partial charge in [-0.25, -0.2) is 0 Å². The lowest BCUT2D eigenvalue weighted by molar-refractivity contribution is 0.0972. The summed E-state index contributed by atoms with van der Waals surface area (Å²) in [6, 6.07) is 11.5. The van der Waals surface area contributed by atoms with Gasteiger partial charge in [0, 0.05) is 29.6 Å². The minimum absolute atomic E-state index is 0.228. The summed E-state index contributed by atoms with van der Waals surface area (Å²) in [5.41, 5.74) is 3.49. The quantitative estimate of drug-likeness (QED) is 0.764. The molecule has 3 nitrogen and oxygen atoms in total. The lowest BCUT2D eigenvalue weighted by Crippen LogP contribution is -2.12. The van der Waals surface area contributed by atoms with Crippen LogP contribution in [0.15, 0.2) is 36.5 Å². The smallest absolute Gasteiger partial charge is 0.164 e. The largest absolute Gasteiger partial charge is 0.320 e. The molecular formula is C15H12N2O. The first-order chi connectivity index (χ1) is 8.79. The van der Waals surface area contributed by atoms with Gasteiger partial charge in [-0.1, -0.05) is 6.07 Å². The molecule has 0 N–H and O–H groups in total. The Balaban J connectivity index is 2.13. The van der Waals surface area contributed by atoms with Crippen LogP contribution in [0.4, 0.5) is 0 Å². The molecule has 1 aliphatic carbocycles. The number of nitriles is 1. The third-order valence-electron chi connectivity index (χ3n) is 3.36. The Morgan fingerprint density at radius 2 is 2.11 bits per heavy atom. The van der Waals surface area contributed by atoms with Crippen molar-refractivity contribution in [1.29, 1.82) is 5.26 Å². The molecule has 1 aliphatic rings. The molecule has 0 fully saturated rings. The Labute approximate surface area is 105 Å². The van der Waals surface area contributed by atoms with Gasteiger partial charge in [-0.05, 0) is 37.1 Å². The first kappa shape index (κ1) is 10.8. The van der Waals surface area contributed by atoms with Crippen molar-refractivity contribution >= 4 is 5.78 Å². The molecule has 0 radical (unpaired) electrons. The van der Waals surface area contributed by atoms with Gasteiger partial charge in [-0.3, -0.25) is 4.79 Å². The van der Waals surface area contributed by atoms with E-state index in [1.54, 1.807) is 6.07 Å². The molecule has 0 aliphatic heterocycles. The van der Waals surface area contributed by atoms with E-state index in [1.165, 1.54) is 0 Å². The van der Waals surface area contributed by atoms with E-state index in [1.807, 2.05) is 35.0 Å². The minimum atomic E-state index is 0.228. The average Bonchev–Trinajstić information content (AvgIpc) is 2.84. The van der Waals surface area contributed by atoms with Gasteiger partial charge >= 0.3 is 0 Å². The molecule has 2 aromatic rings. The van der Waals surface area contributed by atoms with Crippen LogP contribution in [-0.4, -0.2) is 10.4 Å². The molecular weight excluding hydrogens is 224 g/mol. The van der Waals surface area contributed by atoms with E-state index in [0.29, 0.717) is 12.0 Å². The molecule has 0 spiro atoms. The van der Waals surface area contributed by atoms with Crippen molar-refractivity contribution in [3.05, 3.63) is 53.3 Å². The minimum Gasteiger partial charge on any atom is -0.320 e. The fraction of sp³-hybridized carbons (Fsp3) is 0.200. The van der Waals surface area contributed by atoms with E-state index in [0.717, 1.165) is 29.8 Å².